The summed E-state index contributed by atoms with van der Waals surface area (Å²) in [4.78, 5) is 12.3. The van der Waals surface area contributed by atoms with Crippen molar-refractivity contribution in [3.63, 3.8) is 0 Å². The van der Waals surface area contributed by atoms with Crippen LogP contribution in [0, 0.1) is 5.82 Å². The molecule has 0 spiro atoms. The van der Waals surface area contributed by atoms with Gasteiger partial charge in [0.2, 0.25) is 0 Å². The summed E-state index contributed by atoms with van der Waals surface area (Å²) >= 11 is 6.23. The molecule has 0 radical (unpaired) electrons. The molecule has 0 aliphatic rings. The van der Waals surface area contributed by atoms with Gasteiger partial charge >= 0.3 is 6.03 Å². The molecule has 0 bridgehead atoms. The van der Waals surface area contributed by atoms with E-state index in [1.54, 1.807) is 43.1 Å². The van der Waals surface area contributed by atoms with E-state index in [9.17, 15) is 9.18 Å². The van der Waals surface area contributed by atoms with Crippen LogP contribution in [0.2, 0.25) is 5.02 Å². The highest BCUT2D eigenvalue weighted by molar-refractivity contribution is 7.27. The number of hydrogen-bond acceptors (Lipinski definition) is 3. The summed E-state index contributed by atoms with van der Waals surface area (Å²) in [7, 11) is 5.70. The number of amides is 2. The average Bonchev–Trinajstić information content (AvgIpc) is 2.92. The van der Waals surface area contributed by atoms with Gasteiger partial charge in [0.1, 0.15) is 11.6 Å². The number of rotatable bonds is 4. The van der Waals surface area contributed by atoms with Crippen molar-refractivity contribution >= 4 is 43.6 Å². The van der Waals surface area contributed by atoms with E-state index in [-0.39, 0.29) is 0 Å². The third kappa shape index (κ3) is 4.38. The average molecular weight is 407 g/mol. The third-order valence-corrected chi connectivity index (χ3v) is 4.39. The summed E-state index contributed by atoms with van der Waals surface area (Å²) in [5.74, 6) is 0.152. The highest BCUT2D eigenvalue weighted by Gasteiger charge is 2.16. The van der Waals surface area contributed by atoms with Crippen molar-refractivity contribution < 1.29 is 13.9 Å². The second-order valence-corrected chi connectivity index (χ2v) is 6.81. The molecule has 27 heavy (non-hydrogen) atoms. The van der Waals surface area contributed by atoms with Gasteiger partial charge in [-0.15, -0.1) is 9.24 Å². The first-order valence-corrected chi connectivity index (χ1v) is 8.83. The van der Waals surface area contributed by atoms with Crippen molar-refractivity contribution in [3.8, 4) is 17.0 Å². The van der Waals surface area contributed by atoms with Gasteiger partial charge in [-0.3, -0.25) is 4.68 Å². The van der Waals surface area contributed by atoms with Gasteiger partial charge < -0.3 is 15.4 Å². The van der Waals surface area contributed by atoms with Gasteiger partial charge in [-0.05, 0) is 41.7 Å². The van der Waals surface area contributed by atoms with Crippen LogP contribution in [-0.4, -0.2) is 22.9 Å². The van der Waals surface area contributed by atoms with Crippen molar-refractivity contribution in [2.75, 3.05) is 17.7 Å². The standard InChI is InChI=1S/C18H17ClFN4O2P/c1-24-17(15(19)9-21-24)14-8-11(3-4-16(14)26-2)22-18(25)23-12-5-10(20)6-13(27)7-12/h3-9H,27H2,1-2H3,(H2,22,23,25). The smallest absolute Gasteiger partial charge is 0.323 e. The maximum atomic E-state index is 13.5. The fourth-order valence-corrected chi connectivity index (χ4v) is 3.27. The van der Waals surface area contributed by atoms with Crippen LogP contribution in [0.3, 0.4) is 0 Å². The molecule has 0 saturated carbocycles. The predicted molar refractivity (Wildman–Crippen MR) is 109 cm³/mol. The summed E-state index contributed by atoms with van der Waals surface area (Å²) in [5.41, 5.74) is 2.21. The first-order valence-electron chi connectivity index (χ1n) is 7.87. The van der Waals surface area contributed by atoms with Gasteiger partial charge in [-0.25, -0.2) is 9.18 Å². The highest BCUT2D eigenvalue weighted by Crippen LogP contribution is 2.36. The van der Waals surface area contributed by atoms with Crippen LogP contribution < -0.4 is 20.7 Å². The molecule has 1 atom stereocenters. The largest absolute Gasteiger partial charge is 0.496 e. The number of nitrogens with one attached hydrogen (secondary N) is 2. The Kier molecular flexibility index (Phi) is 5.63. The Morgan fingerprint density at radius 3 is 2.59 bits per heavy atom. The molecule has 2 N–H and O–H groups in total. The van der Waals surface area contributed by atoms with Gasteiger partial charge in [0.25, 0.3) is 0 Å². The van der Waals surface area contributed by atoms with Crippen LogP contribution in [0.15, 0.2) is 42.6 Å². The fourth-order valence-electron chi connectivity index (χ4n) is 2.66. The number of anilines is 2. The Bertz CT molecular complexity index is 969. The second-order valence-electron chi connectivity index (χ2n) is 5.73. The predicted octanol–water partition coefficient (Wildman–Crippen LogP) is 4.03. The number of benzene rings is 2. The molecule has 0 aliphatic heterocycles. The van der Waals surface area contributed by atoms with Crippen LogP contribution >= 0.6 is 20.8 Å². The number of ether oxygens (including phenoxy) is 1. The van der Waals surface area contributed by atoms with E-state index in [1.165, 1.54) is 18.3 Å². The molecular weight excluding hydrogens is 390 g/mol. The zero-order valence-corrected chi connectivity index (χ0v) is 16.5. The van der Waals surface area contributed by atoms with E-state index in [0.717, 1.165) is 0 Å². The van der Waals surface area contributed by atoms with E-state index in [4.69, 9.17) is 16.3 Å². The second kappa shape index (κ2) is 7.94. The highest BCUT2D eigenvalue weighted by atomic mass is 35.5. The number of methoxy groups -OCH3 is 1. The van der Waals surface area contributed by atoms with Crippen LogP contribution in [-0.2, 0) is 7.05 Å². The molecular formula is C18H17ClFN4O2P. The summed E-state index contributed by atoms with van der Waals surface area (Å²) in [6, 6.07) is 8.87. The van der Waals surface area contributed by atoms with Crippen molar-refractivity contribution in [2.45, 2.75) is 0 Å². The molecule has 3 aromatic rings. The number of nitrogens with zero attached hydrogens (tertiary/aromatic N) is 2. The quantitative estimate of drug-likeness (QED) is 0.643. The van der Waals surface area contributed by atoms with Crippen molar-refractivity contribution in [2.24, 2.45) is 7.05 Å². The SMILES string of the molecule is COc1ccc(NC(=O)Nc2cc(F)cc(P)c2)cc1-c1c(Cl)cnn1C. The monoisotopic (exact) mass is 406 g/mol. The van der Waals surface area contributed by atoms with E-state index in [2.05, 4.69) is 25.0 Å². The lowest BCUT2D eigenvalue weighted by Gasteiger charge is -2.13. The lowest BCUT2D eigenvalue weighted by Crippen LogP contribution is -2.20. The third-order valence-electron chi connectivity index (χ3n) is 3.78. The van der Waals surface area contributed by atoms with Crippen LogP contribution in [0.25, 0.3) is 11.3 Å². The summed E-state index contributed by atoms with van der Waals surface area (Å²) in [6.45, 7) is 0. The normalized spacial score (nSPS) is 10.6. The number of carbonyl (C=O) groups is 1. The minimum atomic E-state index is -0.503. The van der Waals surface area contributed by atoms with Gasteiger partial charge in [0, 0.05) is 24.0 Å². The number of aryl methyl sites for hydroxylation is 1. The molecule has 0 aliphatic carbocycles. The lowest BCUT2D eigenvalue weighted by atomic mass is 10.1. The molecule has 1 heterocycles. The number of halogens is 2. The van der Waals surface area contributed by atoms with E-state index in [1.807, 2.05) is 0 Å². The lowest BCUT2D eigenvalue weighted by molar-refractivity contribution is 0.262. The minimum Gasteiger partial charge on any atom is -0.496 e. The molecule has 2 aromatic carbocycles. The van der Waals surface area contributed by atoms with Gasteiger partial charge in [-0.2, -0.15) is 5.10 Å². The van der Waals surface area contributed by atoms with E-state index >= 15 is 0 Å². The summed E-state index contributed by atoms with van der Waals surface area (Å²) < 4.78 is 20.5. The Labute approximate surface area is 162 Å². The number of hydrogen-bond donors (Lipinski definition) is 2. The molecule has 9 heteroatoms. The number of urea groups is 1. The molecule has 3 rings (SSSR count). The first kappa shape index (κ1) is 19.1. The maximum Gasteiger partial charge on any atom is 0.323 e. The topological polar surface area (TPSA) is 68.2 Å². The fraction of sp³-hybridized carbons (Fsp3) is 0.111. The van der Waals surface area contributed by atoms with Crippen LogP contribution in [0.1, 0.15) is 0 Å². The van der Waals surface area contributed by atoms with Crippen molar-refractivity contribution in [3.05, 3.63) is 53.4 Å². The molecule has 140 valence electrons. The van der Waals surface area contributed by atoms with Gasteiger partial charge in [-0.1, -0.05) is 11.6 Å². The zero-order chi connectivity index (χ0) is 19.6. The Balaban J connectivity index is 1.85. The van der Waals surface area contributed by atoms with Crippen LogP contribution in [0.5, 0.6) is 5.75 Å². The number of aromatic nitrogens is 2. The van der Waals surface area contributed by atoms with Gasteiger partial charge in [0.05, 0.1) is 24.0 Å². The molecule has 2 amide bonds. The molecule has 6 nitrogen and oxygen atoms in total. The first-order chi connectivity index (χ1) is 12.9. The minimum absolute atomic E-state index is 0.348. The number of carbonyl (C=O) groups excluding carboxylic acids is 1. The summed E-state index contributed by atoms with van der Waals surface area (Å²) in [6.07, 6.45) is 1.54. The van der Waals surface area contributed by atoms with Crippen molar-refractivity contribution in [1.29, 1.82) is 0 Å². The molecule has 1 unspecified atom stereocenters. The van der Waals surface area contributed by atoms with Crippen molar-refractivity contribution in [1.82, 2.24) is 9.78 Å². The Morgan fingerprint density at radius 1 is 1.22 bits per heavy atom. The zero-order valence-electron chi connectivity index (χ0n) is 14.6. The van der Waals surface area contributed by atoms with E-state index < -0.39 is 11.8 Å². The Morgan fingerprint density at radius 2 is 1.96 bits per heavy atom. The van der Waals surface area contributed by atoms with Crippen LogP contribution in [0.4, 0.5) is 20.6 Å². The molecule has 0 fully saturated rings. The Hall–Kier alpha value is -2.63. The molecule has 1 aromatic heterocycles. The molecule has 0 saturated heterocycles. The van der Waals surface area contributed by atoms with Gasteiger partial charge in [0.15, 0.2) is 0 Å². The summed E-state index contributed by atoms with van der Waals surface area (Å²) in [5, 5.41) is 10.5. The van der Waals surface area contributed by atoms with E-state index in [0.29, 0.717) is 38.7 Å². The maximum absolute atomic E-state index is 13.5.